The summed E-state index contributed by atoms with van der Waals surface area (Å²) in [5.41, 5.74) is 0.473. The van der Waals surface area contributed by atoms with Gasteiger partial charge in [-0.3, -0.25) is 9.36 Å². The highest BCUT2D eigenvalue weighted by Gasteiger charge is 2.22. The Morgan fingerprint density at radius 2 is 2.17 bits per heavy atom. The molecule has 7 heteroatoms. The van der Waals surface area contributed by atoms with Crippen LogP contribution in [0.15, 0.2) is 4.79 Å². The molecule has 0 aromatic carbocycles. The van der Waals surface area contributed by atoms with Gasteiger partial charge in [0.25, 0.3) is 5.56 Å². The van der Waals surface area contributed by atoms with Crippen LogP contribution in [0.5, 0.6) is 0 Å². The van der Waals surface area contributed by atoms with Gasteiger partial charge in [0.15, 0.2) is 0 Å². The number of hydrogen-bond donors (Lipinski definition) is 0. The average molecular weight is 347 g/mol. The smallest absolute Gasteiger partial charge is 0.348 e. The number of carbonyl (C=O) groups is 1. The maximum Gasteiger partial charge on any atom is 0.348 e. The Kier molecular flexibility index (Phi) is 5.73. The Bertz CT molecular complexity index is 859. The number of rotatable bonds is 6. The minimum Gasteiger partial charge on any atom is -0.462 e. The van der Waals surface area contributed by atoms with Crippen LogP contribution in [0.25, 0.3) is 10.2 Å². The van der Waals surface area contributed by atoms with Crippen molar-refractivity contribution in [3.8, 4) is 6.07 Å². The second kappa shape index (κ2) is 7.58. The quantitative estimate of drug-likeness (QED) is 0.591. The first-order valence-electron chi connectivity index (χ1n) is 8.00. The van der Waals surface area contributed by atoms with Crippen LogP contribution in [0.1, 0.15) is 60.6 Å². The van der Waals surface area contributed by atoms with Gasteiger partial charge in [-0.15, -0.1) is 11.3 Å². The summed E-state index contributed by atoms with van der Waals surface area (Å²) in [4.78, 5) is 30.7. The van der Waals surface area contributed by atoms with Gasteiger partial charge in [-0.05, 0) is 25.8 Å². The van der Waals surface area contributed by atoms with E-state index in [1.807, 2.05) is 13.8 Å². The fourth-order valence-electron chi connectivity index (χ4n) is 2.60. The van der Waals surface area contributed by atoms with E-state index in [2.05, 4.69) is 11.1 Å². The van der Waals surface area contributed by atoms with Crippen molar-refractivity contribution < 1.29 is 9.53 Å². The molecule has 0 saturated heterocycles. The van der Waals surface area contributed by atoms with Crippen LogP contribution in [0, 0.1) is 18.3 Å². The van der Waals surface area contributed by atoms with E-state index in [0.717, 1.165) is 0 Å². The molecule has 0 aliphatic carbocycles. The number of hydrogen-bond acceptors (Lipinski definition) is 6. The molecule has 0 radical (unpaired) electrons. The molecule has 6 nitrogen and oxygen atoms in total. The van der Waals surface area contributed by atoms with Crippen molar-refractivity contribution in [3.05, 3.63) is 26.6 Å². The van der Waals surface area contributed by atoms with Gasteiger partial charge in [0.1, 0.15) is 15.5 Å². The molecular weight excluding hydrogens is 326 g/mol. The molecule has 0 unspecified atom stereocenters. The molecule has 128 valence electrons. The number of nitriles is 1. The highest BCUT2D eigenvalue weighted by Crippen LogP contribution is 2.29. The summed E-state index contributed by atoms with van der Waals surface area (Å²) in [5.74, 6) is 0.333. The number of fused-ring (bicyclic) bond motifs is 1. The van der Waals surface area contributed by atoms with Crippen molar-refractivity contribution in [2.24, 2.45) is 0 Å². The highest BCUT2D eigenvalue weighted by atomic mass is 32.1. The zero-order valence-corrected chi connectivity index (χ0v) is 15.2. The average Bonchev–Trinajstić information content (AvgIpc) is 2.86. The van der Waals surface area contributed by atoms with Crippen LogP contribution in [0.2, 0.25) is 0 Å². The van der Waals surface area contributed by atoms with Crippen LogP contribution in [0.4, 0.5) is 0 Å². The zero-order valence-electron chi connectivity index (χ0n) is 14.4. The maximum atomic E-state index is 13.0. The number of esters is 1. The number of unbranched alkanes of at least 4 members (excludes halogenated alkanes) is 1. The van der Waals surface area contributed by atoms with Crippen molar-refractivity contribution in [1.29, 1.82) is 5.26 Å². The van der Waals surface area contributed by atoms with E-state index in [1.54, 1.807) is 18.4 Å². The normalized spacial score (nSPS) is 11.0. The topological polar surface area (TPSA) is 85.0 Å². The Morgan fingerprint density at radius 1 is 1.46 bits per heavy atom. The number of ether oxygens (including phenoxy) is 1. The zero-order chi connectivity index (χ0) is 17.9. The van der Waals surface area contributed by atoms with Crippen molar-refractivity contribution in [2.75, 3.05) is 6.61 Å². The Balaban J connectivity index is 2.65. The summed E-state index contributed by atoms with van der Waals surface area (Å²) in [5, 5.41) is 9.20. The third-order valence-corrected chi connectivity index (χ3v) is 4.89. The molecule has 2 aromatic rings. The molecule has 0 N–H and O–H groups in total. The third-order valence-electron chi connectivity index (χ3n) is 3.73. The summed E-state index contributed by atoms with van der Waals surface area (Å²) < 4.78 is 6.70. The van der Waals surface area contributed by atoms with Gasteiger partial charge in [0.05, 0.1) is 18.1 Å². The van der Waals surface area contributed by atoms with Crippen LogP contribution in [-0.4, -0.2) is 22.1 Å². The molecule has 2 rings (SSSR count). The fourth-order valence-corrected chi connectivity index (χ4v) is 3.67. The lowest BCUT2D eigenvalue weighted by Crippen LogP contribution is -2.26. The minimum absolute atomic E-state index is 0.0673. The lowest BCUT2D eigenvalue weighted by Gasteiger charge is -2.14. The highest BCUT2D eigenvalue weighted by molar-refractivity contribution is 7.20. The predicted octanol–water partition coefficient (Wildman–Crippen LogP) is 3.37. The molecule has 0 aliphatic heterocycles. The van der Waals surface area contributed by atoms with Crippen LogP contribution in [-0.2, 0) is 11.3 Å². The molecule has 0 aliphatic rings. The standard InChI is InChI=1S/C17H21N3O3S/c1-5-23-17(22)13-11(4)12-15(24-13)19-14(10(2)3)20(16(12)21)9-7-6-8-18/h10H,5-7,9H2,1-4H3. The number of carbonyl (C=O) groups excluding carboxylic acids is 1. The Labute approximate surface area is 144 Å². The molecule has 2 heterocycles. The minimum atomic E-state index is -0.417. The lowest BCUT2D eigenvalue weighted by atomic mass is 10.1. The van der Waals surface area contributed by atoms with E-state index in [9.17, 15) is 9.59 Å². The van der Waals surface area contributed by atoms with Crippen LogP contribution in [0.3, 0.4) is 0 Å². The van der Waals surface area contributed by atoms with Crippen molar-refractivity contribution in [1.82, 2.24) is 9.55 Å². The van der Waals surface area contributed by atoms with Crippen LogP contribution < -0.4 is 5.56 Å². The second-order valence-electron chi connectivity index (χ2n) is 5.80. The van der Waals surface area contributed by atoms with Gasteiger partial charge in [-0.2, -0.15) is 5.26 Å². The van der Waals surface area contributed by atoms with E-state index < -0.39 is 5.97 Å². The molecular formula is C17H21N3O3S. The number of aryl methyl sites for hydroxylation is 1. The first-order chi connectivity index (χ1) is 11.4. The lowest BCUT2D eigenvalue weighted by molar-refractivity contribution is 0.0531. The molecule has 0 atom stereocenters. The van der Waals surface area contributed by atoms with Gasteiger partial charge in [0.2, 0.25) is 0 Å². The second-order valence-corrected chi connectivity index (χ2v) is 6.80. The van der Waals surface area contributed by atoms with E-state index in [-0.39, 0.29) is 18.1 Å². The fraction of sp³-hybridized carbons (Fsp3) is 0.529. The summed E-state index contributed by atoms with van der Waals surface area (Å²) in [6, 6.07) is 2.09. The molecule has 2 aromatic heterocycles. The third kappa shape index (κ3) is 3.34. The summed E-state index contributed by atoms with van der Waals surface area (Å²) in [7, 11) is 0. The molecule has 0 bridgehead atoms. The van der Waals surface area contributed by atoms with E-state index in [1.165, 1.54) is 11.3 Å². The maximum absolute atomic E-state index is 13.0. The summed E-state index contributed by atoms with van der Waals surface area (Å²) >= 11 is 1.20. The molecule has 0 spiro atoms. The number of aromatic nitrogens is 2. The predicted molar refractivity (Wildman–Crippen MR) is 93.5 cm³/mol. The van der Waals surface area contributed by atoms with Gasteiger partial charge >= 0.3 is 5.97 Å². The molecule has 0 fully saturated rings. The molecule has 24 heavy (non-hydrogen) atoms. The monoisotopic (exact) mass is 347 g/mol. The number of thiophene rings is 1. The molecule has 0 saturated carbocycles. The van der Waals surface area contributed by atoms with Crippen LogP contribution >= 0.6 is 11.3 Å². The molecule has 0 amide bonds. The number of nitrogens with zero attached hydrogens (tertiary/aromatic N) is 3. The van der Waals surface area contributed by atoms with Crippen molar-refractivity contribution >= 4 is 27.5 Å². The van der Waals surface area contributed by atoms with Gasteiger partial charge in [-0.1, -0.05) is 13.8 Å². The van der Waals surface area contributed by atoms with Crippen molar-refractivity contribution in [2.45, 2.75) is 53.0 Å². The summed E-state index contributed by atoms with van der Waals surface area (Å²) in [6.07, 6.45) is 0.982. The summed E-state index contributed by atoms with van der Waals surface area (Å²) in [6.45, 7) is 8.19. The van der Waals surface area contributed by atoms with Crippen molar-refractivity contribution in [3.63, 3.8) is 0 Å². The van der Waals surface area contributed by atoms with E-state index >= 15 is 0 Å². The Morgan fingerprint density at radius 3 is 2.75 bits per heavy atom. The first-order valence-corrected chi connectivity index (χ1v) is 8.81. The van der Waals surface area contributed by atoms with E-state index in [4.69, 9.17) is 10.00 Å². The first kappa shape index (κ1) is 18.1. The van der Waals surface area contributed by atoms with Gasteiger partial charge < -0.3 is 4.74 Å². The van der Waals surface area contributed by atoms with E-state index in [0.29, 0.717) is 45.9 Å². The van der Waals surface area contributed by atoms with Gasteiger partial charge in [0, 0.05) is 18.9 Å². The largest absolute Gasteiger partial charge is 0.462 e. The van der Waals surface area contributed by atoms with Gasteiger partial charge in [-0.25, -0.2) is 9.78 Å². The Hall–Kier alpha value is -2.20. The SMILES string of the molecule is CCOC(=O)c1sc2nc(C(C)C)n(CCCC#N)c(=O)c2c1C.